The van der Waals surface area contributed by atoms with Crippen LogP contribution in [-0.4, -0.2) is 41.5 Å². The number of aromatic nitrogens is 2. The van der Waals surface area contributed by atoms with Crippen LogP contribution in [0.1, 0.15) is 33.2 Å². The number of benzene rings is 1. The maximum Gasteiger partial charge on any atom is 0.262 e. The number of hydrogen-bond acceptors (Lipinski definition) is 5. The maximum atomic E-state index is 12.9. The van der Waals surface area contributed by atoms with E-state index in [1.54, 1.807) is 17.7 Å². The molecule has 7 heteroatoms. The molecule has 0 radical (unpaired) electrons. The van der Waals surface area contributed by atoms with Crippen LogP contribution >= 0.6 is 11.8 Å². The molecular formula is C19H27N3O3S. The van der Waals surface area contributed by atoms with Crippen molar-refractivity contribution in [1.29, 1.82) is 0 Å². The van der Waals surface area contributed by atoms with Crippen LogP contribution in [0.25, 0.3) is 10.9 Å². The van der Waals surface area contributed by atoms with Gasteiger partial charge in [0.05, 0.1) is 29.3 Å². The third-order valence-electron chi connectivity index (χ3n) is 4.00. The molecule has 0 saturated carbocycles. The van der Waals surface area contributed by atoms with Crippen LogP contribution in [0.2, 0.25) is 0 Å². The van der Waals surface area contributed by atoms with E-state index in [4.69, 9.17) is 4.74 Å². The standard InChI is InChI=1S/C19H27N3O3S/c1-13(2)9-10-20-17(23)12-26-19-21-16-8-6-5-7-15(16)18(24)22(19)14(3)11-25-4/h5-8,13-14H,9-12H2,1-4H3,(H,20,23)/t14-/m1/s1. The zero-order chi connectivity index (χ0) is 19.1. The van der Waals surface area contributed by atoms with Crippen molar-refractivity contribution in [2.45, 2.75) is 38.4 Å². The molecule has 1 aromatic carbocycles. The first-order valence-electron chi connectivity index (χ1n) is 8.83. The number of thioether (sulfide) groups is 1. The van der Waals surface area contributed by atoms with Gasteiger partial charge in [-0.25, -0.2) is 4.98 Å². The number of rotatable bonds is 9. The first kappa shape index (κ1) is 20.5. The summed E-state index contributed by atoms with van der Waals surface area (Å²) >= 11 is 1.28. The number of amides is 1. The molecule has 142 valence electrons. The predicted molar refractivity (Wildman–Crippen MR) is 106 cm³/mol. The van der Waals surface area contributed by atoms with Crippen LogP contribution in [0.5, 0.6) is 0 Å². The fraction of sp³-hybridized carbons (Fsp3) is 0.526. The second-order valence-corrected chi connectivity index (χ2v) is 7.65. The van der Waals surface area contributed by atoms with Gasteiger partial charge in [0.25, 0.3) is 5.56 Å². The third kappa shape index (κ3) is 5.32. The number of carbonyl (C=O) groups is 1. The molecule has 0 aliphatic heterocycles. The lowest BCUT2D eigenvalue weighted by Gasteiger charge is -2.18. The summed E-state index contributed by atoms with van der Waals surface area (Å²) in [7, 11) is 1.60. The van der Waals surface area contributed by atoms with Gasteiger partial charge in [0.1, 0.15) is 0 Å². The number of nitrogens with zero attached hydrogens (tertiary/aromatic N) is 2. The number of methoxy groups -OCH3 is 1. The van der Waals surface area contributed by atoms with Gasteiger partial charge in [0.15, 0.2) is 5.16 Å². The van der Waals surface area contributed by atoms with E-state index < -0.39 is 0 Å². The fourth-order valence-electron chi connectivity index (χ4n) is 2.61. The summed E-state index contributed by atoms with van der Waals surface area (Å²) in [6.07, 6.45) is 0.945. The Bertz CT molecular complexity index is 804. The Kier molecular flexibility index (Phi) is 7.66. The van der Waals surface area contributed by atoms with E-state index in [9.17, 15) is 9.59 Å². The zero-order valence-corrected chi connectivity index (χ0v) is 16.6. The van der Waals surface area contributed by atoms with Gasteiger partial charge in [-0.05, 0) is 31.4 Å². The Labute approximate surface area is 158 Å². The average molecular weight is 378 g/mol. The minimum Gasteiger partial charge on any atom is -0.383 e. The van der Waals surface area contributed by atoms with Crippen molar-refractivity contribution < 1.29 is 9.53 Å². The lowest BCUT2D eigenvalue weighted by atomic mass is 10.1. The second-order valence-electron chi connectivity index (χ2n) is 6.71. The van der Waals surface area contributed by atoms with E-state index in [-0.39, 0.29) is 23.3 Å². The van der Waals surface area contributed by atoms with Crippen molar-refractivity contribution in [3.8, 4) is 0 Å². The second kappa shape index (κ2) is 9.73. The molecule has 26 heavy (non-hydrogen) atoms. The van der Waals surface area contributed by atoms with Gasteiger partial charge >= 0.3 is 0 Å². The highest BCUT2D eigenvalue weighted by Gasteiger charge is 2.17. The first-order valence-corrected chi connectivity index (χ1v) is 9.82. The summed E-state index contributed by atoms with van der Waals surface area (Å²) in [5.41, 5.74) is 0.531. The number of para-hydroxylation sites is 1. The fourth-order valence-corrected chi connectivity index (χ4v) is 3.54. The Morgan fingerprint density at radius 2 is 2.04 bits per heavy atom. The molecule has 0 bridgehead atoms. The largest absolute Gasteiger partial charge is 0.383 e. The quantitative estimate of drug-likeness (QED) is 0.537. The van der Waals surface area contributed by atoms with Crippen molar-refractivity contribution in [3.63, 3.8) is 0 Å². The Morgan fingerprint density at radius 3 is 2.73 bits per heavy atom. The van der Waals surface area contributed by atoms with Crippen LogP contribution in [-0.2, 0) is 9.53 Å². The van der Waals surface area contributed by atoms with Crippen molar-refractivity contribution in [2.75, 3.05) is 26.0 Å². The monoisotopic (exact) mass is 377 g/mol. The molecule has 0 aliphatic rings. The van der Waals surface area contributed by atoms with Gasteiger partial charge in [0, 0.05) is 13.7 Å². The van der Waals surface area contributed by atoms with Crippen LogP contribution in [0, 0.1) is 5.92 Å². The molecule has 1 atom stereocenters. The summed E-state index contributed by atoms with van der Waals surface area (Å²) in [5, 5.41) is 4.02. The molecule has 2 rings (SSSR count). The summed E-state index contributed by atoms with van der Waals surface area (Å²) in [5.74, 6) is 0.719. The van der Waals surface area contributed by atoms with E-state index in [0.717, 1.165) is 6.42 Å². The topological polar surface area (TPSA) is 73.2 Å². The van der Waals surface area contributed by atoms with E-state index in [2.05, 4.69) is 24.1 Å². The molecule has 1 heterocycles. The van der Waals surface area contributed by atoms with Crippen molar-refractivity contribution in [2.24, 2.45) is 5.92 Å². The van der Waals surface area contributed by atoms with Crippen molar-refractivity contribution in [3.05, 3.63) is 34.6 Å². The molecule has 1 aromatic heterocycles. The number of hydrogen-bond donors (Lipinski definition) is 1. The predicted octanol–water partition coefficient (Wildman–Crippen LogP) is 2.86. The molecule has 0 unspecified atom stereocenters. The Balaban J connectivity index is 2.23. The molecule has 1 amide bonds. The SMILES string of the molecule is COC[C@@H](C)n1c(SCC(=O)NCCC(C)C)nc2ccccc2c1=O. The van der Waals surface area contributed by atoms with E-state index in [1.807, 2.05) is 25.1 Å². The smallest absolute Gasteiger partial charge is 0.262 e. The Morgan fingerprint density at radius 1 is 1.31 bits per heavy atom. The zero-order valence-electron chi connectivity index (χ0n) is 15.8. The number of nitrogens with one attached hydrogen (secondary N) is 1. The average Bonchev–Trinajstić information content (AvgIpc) is 2.60. The summed E-state index contributed by atoms with van der Waals surface area (Å²) < 4.78 is 6.83. The number of fused-ring (bicyclic) bond motifs is 1. The molecular weight excluding hydrogens is 350 g/mol. The summed E-state index contributed by atoms with van der Waals surface area (Å²) in [4.78, 5) is 29.6. The minimum atomic E-state index is -0.170. The highest BCUT2D eigenvalue weighted by molar-refractivity contribution is 7.99. The molecule has 0 spiro atoms. The summed E-state index contributed by atoms with van der Waals surface area (Å²) in [6.45, 7) is 7.21. The third-order valence-corrected chi connectivity index (χ3v) is 4.95. The molecule has 1 N–H and O–H groups in total. The Hall–Kier alpha value is -1.86. The maximum absolute atomic E-state index is 12.9. The number of carbonyl (C=O) groups excluding carboxylic acids is 1. The highest BCUT2D eigenvalue weighted by atomic mass is 32.2. The lowest BCUT2D eigenvalue weighted by Crippen LogP contribution is -2.30. The molecule has 0 aliphatic carbocycles. The van der Waals surface area contributed by atoms with Crippen LogP contribution in [0.4, 0.5) is 0 Å². The van der Waals surface area contributed by atoms with Crippen molar-refractivity contribution >= 4 is 28.6 Å². The first-order chi connectivity index (χ1) is 12.4. The van der Waals surface area contributed by atoms with E-state index >= 15 is 0 Å². The van der Waals surface area contributed by atoms with Gasteiger partial charge in [-0.1, -0.05) is 37.7 Å². The van der Waals surface area contributed by atoms with E-state index in [1.165, 1.54) is 11.8 Å². The van der Waals surface area contributed by atoms with Gasteiger partial charge < -0.3 is 10.1 Å². The molecule has 0 fully saturated rings. The van der Waals surface area contributed by atoms with Gasteiger partial charge in [-0.15, -0.1) is 0 Å². The molecule has 6 nitrogen and oxygen atoms in total. The highest BCUT2D eigenvalue weighted by Crippen LogP contribution is 2.21. The number of ether oxygens (including phenoxy) is 1. The minimum absolute atomic E-state index is 0.0518. The van der Waals surface area contributed by atoms with Crippen LogP contribution < -0.4 is 10.9 Å². The normalized spacial score (nSPS) is 12.5. The van der Waals surface area contributed by atoms with E-state index in [0.29, 0.717) is 35.1 Å². The molecule has 2 aromatic rings. The lowest BCUT2D eigenvalue weighted by molar-refractivity contribution is -0.118. The van der Waals surface area contributed by atoms with Crippen LogP contribution in [0.3, 0.4) is 0 Å². The van der Waals surface area contributed by atoms with Crippen LogP contribution in [0.15, 0.2) is 34.2 Å². The summed E-state index contributed by atoms with van der Waals surface area (Å²) in [6, 6.07) is 7.09. The van der Waals surface area contributed by atoms with Gasteiger partial charge in [-0.2, -0.15) is 0 Å². The molecule has 0 saturated heterocycles. The van der Waals surface area contributed by atoms with Crippen molar-refractivity contribution in [1.82, 2.24) is 14.9 Å². The van der Waals surface area contributed by atoms with Gasteiger partial charge in [0.2, 0.25) is 5.91 Å². The van der Waals surface area contributed by atoms with Gasteiger partial charge in [-0.3, -0.25) is 14.2 Å².